The van der Waals surface area contributed by atoms with E-state index in [-0.39, 0.29) is 5.82 Å². The fraction of sp³-hybridized carbons (Fsp3) is 0.417. The highest BCUT2D eigenvalue weighted by molar-refractivity contribution is 5.85. The van der Waals surface area contributed by atoms with E-state index in [4.69, 9.17) is 4.74 Å². The van der Waals surface area contributed by atoms with Gasteiger partial charge < -0.3 is 29.7 Å². The molecule has 7 heteroatoms. The van der Waals surface area contributed by atoms with E-state index in [1.54, 1.807) is 22.9 Å². The Bertz CT molecular complexity index is 1080. The van der Waals surface area contributed by atoms with Crippen LogP contribution in [0.2, 0.25) is 0 Å². The van der Waals surface area contributed by atoms with Crippen molar-refractivity contribution in [1.29, 1.82) is 0 Å². The normalized spacial score (nSPS) is 28.9. The van der Waals surface area contributed by atoms with Gasteiger partial charge in [-0.2, -0.15) is 0 Å². The summed E-state index contributed by atoms with van der Waals surface area (Å²) in [5.74, 6) is 0.282. The lowest BCUT2D eigenvalue weighted by atomic mass is 9.98. The summed E-state index contributed by atoms with van der Waals surface area (Å²) < 4.78 is 22.1. The Morgan fingerprint density at radius 1 is 0.968 bits per heavy atom. The minimum absolute atomic E-state index is 0.384. The van der Waals surface area contributed by atoms with Crippen LogP contribution in [0.25, 0.3) is 10.9 Å². The van der Waals surface area contributed by atoms with Crippen molar-refractivity contribution < 1.29 is 29.6 Å². The first-order chi connectivity index (χ1) is 15.0. The largest absolute Gasteiger partial charge is 0.394 e. The number of hydrogen-bond acceptors (Lipinski definition) is 5. The van der Waals surface area contributed by atoms with Gasteiger partial charge in [-0.25, -0.2) is 4.39 Å². The molecule has 4 N–H and O–H groups in total. The van der Waals surface area contributed by atoms with Crippen molar-refractivity contribution in [3.63, 3.8) is 0 Å². The second-order valence-corrected chi connectivity index (χ2v) is 8.61. The molecule has 1 saturated carbocycles. The van der Waals surface area contributed by atoms with Crippen LogP contribution >= 0.6 is 0 Å². The summed E-state index contributed by atoms with van der Waals surface area (Å²) in [4.78, 5) is 0. The molecule has 0 bridgehead atoms. The maximum Gasteiger partial charge on any atom is 0.163 e. The van der Waals surface area contributed by atoms with Gasteiger partial charge in [0.2, 0.25) is 0 Å². The number of nitrogens with zero attached hydrogens (tertiary/aromatic N) is 1. The molecule has 0 radical (unpaired) electrons. The lowest BCUT2D eigenvalue weighted by Crippen LogP contribution is -2.56. The lowest BCUT2D eigenvalue weighted by molar-refractivity contribution is -0.250. The van der Waals surface area contributed by atoms with Crippen LogP contribution in [0.5, 0.6) is 0 Å². The number of aliphatic hydroxyl groups excluding tert-OH is 4. The molecule has 0 amide bonds. The summed E-state index contributed by atoms with van der Waals surface area (Å²) in [5, 5.41) is 40.8. The average molecular weight is 427 g/mol. The zero-order chi connectivity index (χ0) is 21.7. The van der Waals surface area contributed by atoms with Crippen LogP contribution in [-0.2, 0) is 11.2 Å². The molecule has 3 aromatic rings. The number of halogens is 1. The number of benzene rings is 2. The topological polar surface area (TPSA) is 95.1 Å². The minimum Gasteiger partial charge on any atom is -0.394 e. The van der Waals surface area contributed by atoms with E-state index < -0.39 is 37.3 Å². The van der Waals surface area contributed by atoms with Crippen LogP contribution in [0.15, 0.2) is 48.7 Å². The summed E-state index contributed by atoms with van der Waals surface area (Å²) >= 11 is 0. The highest BCUT2D eigenvalue weighted by Gasteiger charge is 2.44. The van der Waals surface area contributed by atoms with Crippen LogP contribution < -0.4 is 0 Å². The molecule has 2 aliphatic rings. The number of aromatic nitrogens is 1. The molecule has 2 aromatic carbocycles. The number of aliphatic hydroxyl groups is 4. The van der Waals surface area contributed by atoms with Gasteiger partial charge in [0.05, 0.1) is 12.1 Å². The van der Waals surface area contributed by atoms with Crippen molar-refractivity contribution in [2.24, 2.45) is 0 Å². The molecule has 5 rings (SSSR count). The molecule has 2 unspecified atom stereocenters. The molecular formula is C24H26FNO5. The maximum absolute atomic E-state index is 14.8. The molecular weight excluding hydrogens is 401 g/mol. The van der Waals surface area contributed by atoms with Gasteiger partial charge in [-0.15, -0.1) is 0 Å². The average Bonchev–Trinajstić information content (AvgIpc) is 3.56. The summed E-state index contributed by atoms with van der Waals surface area (Å²) in [7, 11) is 0. The Balaban J connectivity index is 1.53. The monoisotopic (exact) mass is 427 g/mol. The quantitative estimate of drug-likeness (QED) is 0.501. The minimum atomic E-state index is -1.50. The van der Waals surface area contributed by atoms with Gasteiger partial charge in [-0.05, 0) is 54.0 Å². The van der Waals surface area contributed by atoms with E-state index in [2.05, 4.69) is 24.3 Å². The van der Waals surface area contributed by atoms with Crippen molar-refractivity contribution in [1.82, 2.24) is 4.57 Å². The number of hydrogen-bond donors (Lipinski definition) is 4. The summed E-state index contributed by atoms with van der Waals surface area (Å²) in [6.45, 7) is -0.519. The molecule has 1 aliphatic carbocycles. The molecule has 0 spiro atoms. The Hall–Kier alpha value is -2.29. The molecule has 31 heavy (non-hydrogen) atoms. The first kappa shape index (κ1) is 20.6. The lowest BCUT2D eigenvalue weighted by Gasteiger charge is -2.40. The maximum atomic E-state index is 14.8. The zero-order valence-electron chi connectivity index (χ0n) is 16.9. The smallest absolute Gasteiger partial charge is 0.163 e. The Morgan fingerprint density at radius 3 is 2.39 bits per heavy atom. The van der Waals surface area contributed by atoms with Gasteiger partial charge >= 0.3 is 0 Å². The van der Waals surface area contributed by atoms with Gasteiger partial charge in [0.15, 0.2) is 6.23 Å². The van der Waals surface area contributed by atoms with Crippen molar-refractivity contribution >= 4 is 10.9 Å². The Kier molecular flexibility index (Phi) is 5.32. The third kappa shape index (κ3) is 3.66. The van der Waals surface area contributed by atoms with E-state index in [1.807, 2.05) is 0 Å². The van der Waals surface area contributed by atoms with E-state index in [9.17, 15) is 24.8 Å². The molecule has 2 heterocycles. The molecule has 2 fully saturated rings. The van der Waals surface area contributed by atoms with Crippen LogP contribution in [0, 0.1) is 5.82 Å². The molecule has 1 aromatic heterocycles. The predicted octanol–water partition coefficient (Wildman–Crippen LogP) is 2.22. The van der Waals surface area contributed by atoms with E-state index in [0.717, 1.165) is 11.1 Å². The van der Waals surface area contributed by atoms with Gasteiger partial charge in [-0.3, -0.25) is 0 Å². The van der Waals surface area contributed by atoms with Crippen molar-refractivity contribution in [3.8, 4) is 0 Å². The van der Waals surface area contributed by atoms with Gasteiger partial charge in [-0.1, -0.05) is 30.3 Å². The third-order valence-electron chi connectivity index (χ3n) is 6.45. The van der Waals surface area contributed by atoms with Crippen molar-refractivity contribution in [2.45, 2.75) is 55.8 Å². The fourth-order valence-corrected chi connectivity index (χ4v) is 4.55. The predicted molar refractivity (Wildman–Crippen MR) is 112 cm³/mol. The summed E-state index contributed by atoms with van der Waals surface area (Å²) in [6.07, 6.45) is -1.82. The molecule has 5 atom stereocenters. The summed E-state index contributed by atoms with van der Waals surface area (Å²) in [5.41, 5.74) is 3.61. The standard InChI is InChI=1S/C24H26FNO5/c25-17-2-1-3-18-20(17)16(10-13-4-6-14(7-5-13)15-8-9-15)11-26(18)24-23(30)22(29)21(28)19(12-27)31-24/h1-7,11,15,19,21-24,27-30H,8-10,12H2/t19-,21-,22+,23?,24?/m1/s1. The second kappa shape index (κ2) is 8.00. The Morgan fingerprint density at radius 2 is 1.71 bits per heavy atom. The number of rotatable bonds is 5. The van der Waals surface area contributed by atoms with E-state index in [0.29, 0.717) is 23.2 Å². The van der Waals surface area contributed by atoms with Gasteiger partial charge in [0, 0.05) is 11.6 Å². The number of fused-ring (bicyclic) bond motifs is 1. The first-order valence-corrected chi connectivity index (χ1v) is 10.6. The van der Waals surface area contributed by atoms with Crippen molar-refractivity contribution in [2.75, 3.05) is 6.61 Å². The van der Waals surface area contributed by atoms with Crippen LogP contribution in [-0.4, -0.2) is 56.0 Å². The fourth-order valence-electron chi connectivity index (χ4n) is 4.55. The van der Waals surface area contributed by atoms with Crippen LogP contribution in [0.3, 0.4) is 0 Å². The van der Waals surface area contributed by atoms with Crippen LogP contribution in [0.1, 0.15) is 41.7 Å². The van der Waals surface area contributed by atoms with Gasteiger partial charge in [0.1, 0.15) is 30.2 Å². The zero-order valence-corrected chi connectivity index (χ0v) is 16.9. The van der Waals surface area contributed by atoms with Gasteiger partial charge in [0.25, 0.3) is 0 Å². The Labute approximate surface area is 179 Å². The summed E-state index contributed by atoms with van der Waals surface area (Å²) in [6, 6.07) is 13.1. The second-order valence-electron chi connectivity index (χ2n) is 8.61. The van der Waals surface area contributed by atoms with E-state index in [1.165, 1.54) is 24.5 Å². The highest BCUT2D eigenvalue weighted by atomic mass is 19.1. The third-order valence-corrected chi connectivity index (χ3v) is 6.45. The molecule has 6 nitrogen and oxygen atoms in total. The van der Waals surface area contributed by atoms with Crippen molar-refractivity contribution in [3.05, 3.63) is 71.2 Å². The highest BCUT2D eigenvalue weighted by Crippen LogP contribution is 2.40. The van der Waals surface area contributed by atoms with Crippen LogP contribution in [0.4, 0.5) is 4.39 Å². The molecule has 164 valence electrons. The number of ether oxygens (including phenoxy) is 1. The SMILES string of the molecule is OC[C@H]1OC(n2cc(Cc3ccc(C4CC4)cc3)c3c(F)cccc32)C(O)[C@@H](O)[C@@H]1O. The first-order valence-electron chi connectivity index (χ1n) is 10.6. The van der Waals surface area contributed by atoms with E-state index >= 15 is 0 Å². The molecule has 1 aliphatic heterocycles. The molecule has 1 saturated heterocycles.